The highest BCUT2D eigenvalue weighted by Crippen LogP contribution is 2.26. The van der Waals surface area contributed by atoms with E-state index in [-0.39, 0.29) is 5.25 Å². The molecule has 1 aliphatic rings. The van der Waals surface area contributed by atoms with Crippen LogP contribution in [0.5, 0.6) is 0 Å². The second-order valence-corrected chi connectivity index (χ2v) is 5.29. The Hall–Kier alpha value is -0.770. The van der Waals surface area contributed by atoms with Gasteiger partial charge in [0, 0.05) is 13.2 Å². The molecule has 0 amide bonds. The van der Waals surface area contributed by atoms with E-state index in [0.29, 0.717) is 12.2 Å². The van der Waals surface area contributed by atoms with Crippen LogP contribution in [0.1, 0.15) is 25.0 Å². The molecule has 0 aromatic carbocycles. The highest BCUT2D eigenvalue weighted by molar-refractivity contribution is 8.00. The van der Waals surface area contributed by atoms with Gasteiger partial charge in [-0.15, -0.1) is 0 Å². The van der Waals surface area contributed by atoms with E-state index in [2.05, 4.69) is 5.10 Å². The van der Waals surface area contributed by atoms with E-state index in [4.69, 9.17) is 0 Å². The van der Waals surface area contributed by atoms with E-state index in [0.717, 1.165) is 17.9 Å². The van der Waals surface area contributed by atoms with Crippen LogP contribution in [0.15, 0.2) is 12.3 Å². The summed E-state index contributed by atoms with van der Waals surface area (Å²) >= 11 is 1.81. The molecule has 1 saturated heterocycles. The number of nitrogens with zero attached hydrogens (tertiary/aromatic N) is 2. The molecule has 3 nitrogen and oxygen atoms in total. The molecule has 2 heterocycles. The highest BCUT2D eigenvalue weighted by atomic mass is 32.2. The first kappa shape index (κ1) is 10.7. The van der Waals surface area contributed by atoms with Crippen molar-refractivity contribution in [1.82, 2.24) is 9.78 Å². The number of hydrogen-bond acceptors (Lipinski definition) is 3. The summed E-state index contributed by atoms with van der Waals surface area (Å²) in [4.78, 5) is 11.9. The summed E-state index contributed by atoms with van der Waals surface area (Å²) < 4.78 is 1.75. The molecule has 0 spiro atoms. The van der Waals surface area contributed by atoms with Crippen LogP contribution in [0.4, 0.5) is 0 Å². The van der Waals surface area contributed by atoms with Crippen molar-refractivity contribution in [2.45, 2.75) is 30.9 Å². The predicted molar refractivity (Wildman–Crippen MR) is 62.0 cm³/mol. The van der Waals surface area contributed by atoms with Gasteiger partial charge in [0.15, 0.2) is 5.78 Å². The van der Waals surface area contributed by atoms with Crippen molar-refractivity contribution < 1.29 is 4.79 Å². The summed E-state index contributed by atoms with van der Waals surface area (Å²) in [7, 11) is 1.88. The molecule has 0 aliphatic carbocycles. The molecule has 15 heavy (non-hydrogen) atoms. The summed E-state index contributed by atoms with van der Waals surface area (Å²) in [6.45, 7) is 0. The Bertz CT molecular complexity index is 342. The first-order valence-corrected chi connectivity index (χ1v) is 6.43. The van der Waals surface area contributed by atoms with E-state index in [9.17, 15) is 4.79 Å². The van der Waals surface area contributed by atoms with Crippen LogP contribution in [0.2, 0.25) is 0 Å². The number of aryl methyl sites for hydroxylation is 1. The van der Waals surface area contributed by atoms with Crippen LogP contribution in [0, 0.1) is 0 Å². The third-order valence-corrected chi connectivity index (χ3v) is 4.09. The van der Waals surface area contributed by atoms with Crippen molar-refractivity contribution in [3.05, 3.63) is 18.0 Å². The number of rotatable bonds is 3. The van der Waals surface area contributed by atoms with Gasteiger partial charge in [0.25, 0.3) is 0 Å². The average Bonchev–Trinajstić information content (AvgIpc) is 2.65. The van der Waals surface area contributed by atoms with E-state index in [1.54, 1.807) is 4.68 Å². The molecular formula is C11H16N2OS. The van der Waals surface area contributed by atoms with Crippen LogP contribution in [0.3, 0.4) is 0 Å². The molecule has 0 radical (unpaired) electrons. The predicted octanol–water partition coefficient (Wildman–Crippen LogP) is 1.82. The summed E-state index contributed by atoms with van der Waals surface area (Å²) in [5.74, 6) is 1.48. The third-order valence-electron chi connectivity index (χ3n) is 2.66. The molecule has 0 bridgehead atoms. The number of hydrogen-bond donors (Lipinski definition) is 0. The second-order valence-electron chi connectivity index (χ2n) is 3.98. The summed E-state index contributed by atoms with van der Waals surface area (Å²) in [5, 5.41) is 4.45. The lowest BCUT2D eigenvalue weighted by Gasteiger charge is -2.19. The minimum absolute atomic E-state index is 0.223. The van der Waals surface area contributed by atoms with Crippen LogP contribution in [-0.2, 0) is 18.3 Å². The van der Waals surface area contributed by atoms with Crippen molar-refractivity contribution in [2.24, 2.45) is 7.05 Å². The zero-order valence-electron chi connectivity index (χ0n) is 8.98. The van der Waals surface area contributed by atoms with Crippen molar-refractivity contribution in [2.75, 3.05) is 5.75 Å². The zero-order valence-corrected chi connectivity index (χ0v) is 9.80. The molecule has 4 heteroatoms. The Balaban J connectivity index is 1.91. The quantitative estimate of drug-likeness (QED) is 0.785. The number of thioether (sulfide) groups is 1. The molecule has 1 atom stereocenters. The Morgan fingerprint density at radius 2 is 2.53 bits per heavy atom. The smallest absolute Gasteiger partial charge is 0.151 e. The minimum atomic E-state index is 0.223. The molecule has 1 unspecified atom stereocenters. The van der Waals surface area contributed by atoms with Crippen LogP contribution in [0.25, 0.3) is 0 Å². The molecule has 1 fully saturated rings. The van der Waals surface area contributed by atoms with Gasteiger partial charge in [0.2, 0.25) is 0 Å². The maximum Gasteiger partial charge on any atom is 0.151 e. The fourth-order valence-electron chi connectivity index (χ4n) is 1.84. The third kappa shape index (κ3) is 2.84. The number of aromatic nitrogens is 2. The van der Waals surface area contributed by atoms with E-state index in [1.165, 1.54) is 12.8 Å². The maximum absolute atomic E-state index is 11.9. The lowest BCUT2D eigenvalue weighted by atomic mass is 10.1. The Morgan fingerprint density at radius 1 is 1.67 bits per heavy atom. The van der Waals surface area contributed by atoms with Crippen molar-refractivity contribution in [3.63, 3.8) is 0 Å². The monoisotopic (exact) mass is 224 g/mol. The van der Waals surface area contributed by atoms with Gasteiger partial charge < -0.3 is 0 Å². The fourth-order valence-corrected chi connectivity index (χ4v) is 3.10. The van der Waals surface area contributed by atoms with Crippen LogP contribution < -0.4 is 0 Å². The van der Waals surface area contributed by atoms with E-state index in [1.807, 2.05) is 31.1 Å². The lowest BCUT2D eigenvalue weighted by molar-refractivity contribution is -0.118. The SMILES string of the molecule is Cn1ccc(CC(=O)C2CCCCS2)n1. The molecule has 1 aromatic rings. The van der Waals surface area contributed by atoms with Gasteiger partial charge in [-0.2, -0.15) is 16.9 Å². The molecule has 82 valence electrons. The van der Waals surface area contributed by atoms with Crippen LogP contribution in [-0.4, -0.2) is 26.6 Å². The van der Waals surface area contributed by atoms with Crippen molar-refractivity contribution >= 4 is 17.5 Å². The first-order chi connectivity index (χ1) is 7.25. The van der Waals surface area contributed by atoms with E-state index >= 15 is 0 Å². The Morgan fingerprint density at radius 3 is 3.13 bits per heavy atom. The topological polar surface area (TPSA) is 34.9 Å². The Kier molecular flexibility index (Phi) is 3.46. The van der Waals surface area contributed by atoms with E-state index < -0.39 is 0 Å². The van der Waals surface area contributed by atoms with Gasteiger partial charge >= 0.3 is 0 Å². The van der Waals surface area contributed by atoms with Gasteiger partial charge in [-0.05, 0) is 24.7 Å². The van der Waals surface area contributed by atoms with Crippen LogP contribution >= 0.6 is 11.8 Å². The fraction of sp³-hybridized carbons (Fsp3) is 0.636. The average molecular weight is 224 g/mol. The zero-order chi connectivity index (χ0) is 10.7. The Labute approximate surface area is 94.2 Å². The van der Waals surface area contributed by atoms with Gasteiger partial charge in [0.1, 0.15) is 0 Å². The molecule has 1 aromatic heterocycles. The van der Waals surface area contributed by atoms with Gasteiger partial charge in [-0.3, -0.25) is 9.48 Å². The molecule has 0 saturated carbocycles. The maximum atomic E-state index is 11.9. The molecule has 1 aliphatic heterocycles. The molecular weight excluding hydrogens is 208 g/mol. The number of ketones is 1. The molecule has 2 rings (SSSR count). The van der Waals surface area contributed by atoms with Gasteiger partial charge in [0.05, 0.1) is 17.4 Å². The van der Waals surface area contributed by atoms with Gasteiger partial charge in [-0.1, -0.05) is 6.42 Å². The molecule has 0 N–H and O–H groups in total. The second kappa shape index (κ2) is 4.84. The van der Waals surface area contributed by atoms with Gasteiger partial charge in [-0.25, -0.2) is 0 Å². The number of carbonyl (C=O) groups is 1. The summed E-state index contributed by atoms with van der Waals surface area (Å²) in [6.07, 6.45) is 5.90. The normalized spacial score (nSPS) is 21.5. The lowest BCUT2D eigenvalue weighted by Crippen LogP contribution is -2.22. The largest absolute Gasteiger partial charge is 0.298 e. The first-order valence-electron chi connectivity index (χ1n) is 5.38. The summed E-state index contributed by atoms with van der Waals surface area (Å²) in [5.41, 5.74) is 0.897. The minimum Gasteiger partial charge on any atom is -0.298 e. The number of Topliss-reactive ketones (excluding diaryl/α,β-unsaturated/α-hetero) is 1. The number of carbonyl (C=O) groups excluding carboxylic acids is 1. The van der Waals surface area contributed by atoms with Crippen molar-refractivity contribution in [3.8, 4) is 0 Å². The van der Waals surface area contributed by atoms with Crippen molar-refractivity contribution in [1.29, 1.82) is 0 Å². The standard InChI is InChI=1S/C11H16N2OS/c1-13-6-5-9(12-13)8-10(14)11-4-2-3-7-15-11/h5-6,11H,2-4,7-8H2,1H3. The highest BCUT2D eigenvalue weighted by Gasteiger charge is 2.22. The summed E-state index contributed by atoms with van der Waals surface area (Å²) in [6, 6.07) is 1.92.